The molecular weight excluding hydrogens is 297 g/mol. The summed E-state index contributed by atoms with van der Waals surface area (Å²) in [4.78, 5) is 5.54. The number of thiophene rings is 1. The predicted octanol–water partition coefficient (Wildman–Crippen LogP) is 3.49. The molecule has 0 atom stereocenters. The molecule has 2 aromatic rings. The van der Waals surface area contributed by atoms with Gasteiger partial charge in [-0.3, -0.25) is 4.99 Å². The quantitative estimate of drug-likeness (QED) is 0.486. The molecule has 2 N–H and O–H groups in total. The molecule has 1 aromatic heterocycles. The van der Waals surface area contributed by atoms with Crippen LogP contribution in [0.5, 0.6) is 0 Å². The minimum Gasteiger partial charge on any atom is -0.356 e. The summed E-state index contributed by atoms with van der Waals surface area (Å²) in [5.74, 6) is 0.626. The predicted molar refractivity (Wildman–Crippen MR) is 92.0 cm³/mol. The number of guanidine groups is 1. The molecule has 0 amide bonds. The van der Waals surface area contributed by atoms with E-state index in [4.69, 9.17) is 0 Å². The molecule has 0 bridgehead atoms. The third kappa shape index (κ3) is 5.15. The lowest BCUT2D eigenvalue weighted by Crippen LogP contribution is -2.37. The monoisotopic (exact) mass is 319 g/mol. The Labute approximate surface area is 135 Å². The number of hydrogen-bond acceptors (Lipinski definition) is 2. The maximum absolute atomic E-state index is 13.1. The molecule has 0 saturated heterocycles. The van der Waals surface area contributed by atoms with Crippen LogP contribution in [0.3, 0.4) is 0 Å². The van der Waals surface area contributed by atoms with Gasteiger partial charge in [-0.15, -0.1) is 11.3 Å². The molecule has 0 aliphatic rings. The zero-order valence-corrected chi connectivity index (χ0v) is 13.8. The molecule has 1 heterocycles. The van der Waals surface area contributed by atoms with E-state index >= 15 is 0 Å². The van der Waals surface area contributed by atoms with Gasteiger partial charge in [0.25, 0.3) is 0 Å². The molecule has 22 heavy (non-hydrogen) atoms. The maximum atomic E-state index is 13.1. The Hall–Kier alpha value is -1.88. The molecule has 0 saturated carbocycles. The van der Waals surface area contributed by atoms with Crippen molar-refractivity contribution in [2.45, 2.75) is 26.3 Å². The fourth-order valence-corrected chi connectivity index (χ4v) is 3.01. The Kier molecular flexibility index (Phi) is 6.40. The fourth-order valence-electron chi connectivity index (χ4n) is 2.16. The number of benzene rings is 1. The highest BCUT2D eigenvalue weighted by molar-refractivity contribution is 7.10. The molecule has 118 valence electrons. The topological polar surface area (TPSA) is 36.4 Å². The lowest BCUT2D eigenvalue weighted by atomic mass is 10.1. The second-order valence-electron chi connectivity index (χ2n) is 5.11. The minimum atomic E-state index is -0.172. The van der Waals surface area contributed by atoms with Crippen molar-refractivity contribution in [3.05, 3.63) is 57.5 Å². The van der Waals surface area contributed by atoms with Crippen LogP contribution in [-0.2, 0) is 13.0 Å². The van der Waals surface area contributed by atoms with E-state index in [1.54, 1.807) is 30.5 Å². The van der Waals surface area contributed by atoms with E-state index < -0.39 is 0 Å². The molecule has 0 fully saturated rings. The smallest absolute Gasteiger partial charge is 0.191 e. The first-order valence-corrected chi connectivity index (χ1v) is 8.29. The molecule has 0 aliphatic carbocycles. The summed E-state index contributed by atoms with van der Waals surface area (Å²) >= 11 is 1.75. The van der Waals surface area contributed by atoms with Gasteiger partial charge in [-0.1, -0.05) is 12.1 Å². The Morgan fingerprint density at radius 3 is 2.82 bits per heavy atom. The van der Waals surface area contributed by atoms with E-state index in [0.29, 0.717) is 0 Å². The summed E-state index contributed by atoms with van der Waals surface area (Å²) in [6.07, 6.45) is 1.79. The molecule has 0 spiro atoms. The Balaban J connectivity index is 1.69. The van der Waals surface area contributed by atoms with Crippen molar-refractivity contribution >= 4 is 17.3 Å². The zero-order valence-electron chi connectivity index (χ0n) is 13.0. The number of nitrogens with zero attached hydrogens (tertiary/aromatic N) is 1. The van der Waals surface area contributed by atoms with Gasteiger partial charge in [0.2, 0.25) is 0 Å². The molecular formula is C17H22FN3S. The summed E-state index contributed by atoms with van der Waals surface area (Å²) in [5, 5.41) is 8.69. The van der Waals surface area contributed by atoms with Gasteiger partial charge < -0.3 is 10.6 Å². The van der Waals surface area contributed by atoms with Gasteiger partial charge in [0.15, 0.2) is 5.96 Å². The Morgan fingerprint density at radius 2 is 2.14 bits per heavy atom. The van der Waals surface area contributed by atoms with E-state index in [0.717, 1.165) is 37.5 Å². The summed E-state index contributed by atoms with van der Waals surface area (Å²) in [6.45, 7) is 3.70. The van der Waals surface area contributed by atoms with Crippen LogP contribution in [0.1, 0.15) is 22.4 Å². The number of rotatable bonds is 6. The van der Waals surface area contributed by atoms with Gasteiger partial charge in [0.1, 0.15) is 5.82 Å². The van der Waals surface area contributed by atoms with E-state index in [2.05, 4.69) is 34.0 Å². The minimum absolute atomic E-state index is 0.172. The fraction of sp³-hybridized carbons (Fsp3) is 0.353. The van der Waals surface area contributed by atoms with Crippen LogP contribution in [0.25, 0.3) is 0 Å². The van der Waals surface area contributed by atoms with Crippen molar-refractivity contribution in [1.29, 1.82) is 0 Å². The van der Waals surface area contributed by atoms with Crippen molar-refractivity contribution in [3.8, 4) is 0 Å². The second kappa shape index (κ2) is 8.54. The Morgan fingerprint density at radius 1 is 1.27 bits per heavy atom. The number of aliphatic imine (C=N–C) groups is 1. The van der Waals surface area contributed by atoms with Crippen LogP contribution in [0.4, 0.5) is 4.39 Å². The number of halogens is 1. The molecule has 0 unspecified atom stereocenters. The van der Waals surface area contributed by atoms with Crippen LogP contribution in [0.2, 0.25) is 0 Å². The second-order valence-corrected chi connectivity index (χ2v) is 6.11. The van der Waals surface area contributed by atoms with Gasteiger partial charge in [-0.05, 0) is 54.5 Å². The van der Waals surface area contributed by atoms with Gasteiger partial charge in [0, 0.05) is 18.5 Å². The van der Waals surface area contributed by atoms with Crippen LogP contribution in [-0.4, -0.2) is 19.6 Å². The van der Waals surface area contributed by atoms with Gasteiger partial charge >= 0.3 is 0 Å². The summed E-state index contributed by atoms with van der Waals surface area (Å²) in [7, 11) is 1.77. The molecule has 2 rings (SSSR count). The summed E-state index contributed by atoms with van der Waals surface area (Å²) in [6, 6.07) is 8.89. The van der Waals surface area contributed by atoms with E-state index in [1.807, 2.05) is 6.07 Å². The average Bonchev–Trinajstić information content (AvgIpc) is 2.92. The zero-order chi connectivity index (χ0) is 15.8. The van der Waals surface area contributed by atoms with Crippen LogP contribution in [0, 0.1) is 12.7 Å². The van der Waals surface area contributed by atoms with E-state index in [1.165, 1.54) is 16.5 Å². The highest BCUT2D eigenvalue weighted by Gasteiger charge is 2.02. The number of nitrogens with one attached hydrogen (secondary N) is 2. The lowest BCUT2D eigenvalue weighted by Gasteiger charge is -2.11. The SMILES string of the molecule is CN=C(NCCCc1cccc(F)c1)NCc1sccc1C. The summed E-state index contributed by atoms with van der Waals surface area (Å²) < 4.78 is 13.1. The molecule has 3 nitrogen and oxygen atoms in total. The van der Waals surface area contributed by atoms with Crippen molar-refractivity contribution in [2.75, 3.05) is 13.6 Å². The molecule has 0 aliphatic heterocycles. The Bertz CT molecular complexity index is 622. The first-order valence-electron chi connectivity index (χ1n) is 7.41. The van der Waals surface area contributed by atoms with Gasteiger partial charge in [-0.2, -0.15) is 0 Å². The first-order chi connectivity index (χ1) is 10.7. The summed E-state index contributed by atoms with van der Waals surface area (Å²) in [5.41, 5.74) is 2.33. The standard InChI is InChI=1S/C17H22FN3S/c1-13-8-10-22-16(13)12-21-17(19-2)20-9-4-6-14-5-3-7-15(18)11-14/h3,5,7-8,10-11H,4,6,9,12H2,1-2H3,(H2,19,20,21). The molecule has 0 radical (unpaired) electrons. The normalized spacial score (nSPS) is 11.5. The van der Waals surface area contributed by atoms with Crippen LogP contribution >= 0.6 is 11.3 Å². The number of aryl methyl sites for hydroxylation is 2. The first kappa shape index (κ1) is 16.5. The van der Waals surface area contributed by atoms with Crippen molar-refractivity contribution in [1.82, 2.24) is 10.6 Å². The highest BCUT2D eigenvalue weighted by Crippen LogP contribution is 2.14. The third-order valence-corrected chi connectivity index (χ3v) is 4.45. The number of hydrogen-bond donors (Lipinski definition) is 2. The molecule has 5 heteroatoms. The van der Waals surface area contributed by atoms with Crippen LogP contribution in [0.15, 0.2) is 40.7 Å². The van der Waals surface area contributed by atoms with E-state index in [-0.39, 0.29) is 5.82 Å². The van der Waals surface area contributed by atoms with Crippen LogP contribution < -0.4 is 10.6 Å². The van der Waals surface area contributed by atoms with Crippen molar-refractivity contribution < 1.29 is 4.39 Å². The lowest BCUT2D eigenvalue weighted by molar-refractivity contribution is 0.624. The van der Waals surface area contributed by atoms with Gasteiger partial charge in [0.05, 0.1) is 6.54 Å². The maximum Gasteiger partial charge on any atom is 0.191 e. The van der Waals surface area contributed by atoms with Crippen molar-refractivity contribution in [2.24, 2.45) is 4.99 Å². The van der Waals surface area contributed by atoms with Gasteiger partial charge in [-0.25, -0.2) is 4.39 Å². The molecule has 1 aromatic carbocycles. The highest BCUT2D eigenvalue weighted by atomic mass is 32.1. The third-order valence-electron chi connectivity index (χ3n) is 3.43. The average molecular weight is 319 g/mol. The largest absolute Gasteiger partial charge is 0.356 e. The van der Waals surface area contributed by atoms with Crippen molar-refractivity contribution in [3.63, 3.8) is 0 Å². The van der Waals surface area contributed by atoms with E-state index in [9.17, 15) is 4.39 Å².